The van der Waals surface area contributed by atoms with Gasteiger partial charge in [-0.15, -0.1) is 0 Å². The molecule has 0 aliphatic carbocycles. The Labute approximate surface area is 248 Å². The van der Waals surface area contributed by atoms with Gasteiger partial charge in [0.2, 0.25) is 12.7 Å². The molecule has 43 heavy (non-hydrogen) atoms. The average Bonchev–Trinajstić information content (AvgIpc) is 3.70. The largest absolute Gasteiger partial charge is 0.454 e. The number of fused-ring (bicyclic) bond motifs is 7. The first-order valence-corrected chi connectivity index (χ1v) is 14.4. The van der Waals surface area contributed by atoms with Crippen molar-refractivity contribution in [3.05, 3.63) is 125 Å². The van der Waals surface area contributed by atoms with Crippen molar-refractivity contribution in [2.75, 3.05) is 17.0 Å². The number of amides is 1. The Kier molecular flexibility index (Phi) is 5.44. The Morgan fingerprint density at radius 1 is 0.837 bits per heavy atom. The van der Waals surface area contributed by atoms with Crippen molar-refractivity contribution >= 4 is 34.4 Å². The molecule has 4 aliphatic heterocycles. The summed E-state index contributed by atoms with van der Waals surface area (Å²) in [6, 6.07) is 26.2. The highest BCUT2D eigenvalue weighted by atomic mass is 16.7. The van der Waals surface area contributed by atoms with Gasteiger partial charge in [-0.2, -0.15) is 0 Å². The van der Waals surface area contributed by atoms with Crippen LogP contribution in [0.15, 0.2) is 97.1 Å². The fraction of sp³-hybridized carbons (Fsp3) is 0.194. The third-order valence-electron chi connectivity index (χ3n) is 9.40. The first-order chi connectivity index (χ1) is 20.9. The number of carbonyl (C=O) groups excluding carboxylic acids is 3. The number of hydrogen-bond acceptors (Lipinski definition) is 6. The molecule has 0 radical (unpaired) electrons. The van der Waals surface area contributed by atoms with Crippen LogP contribution < -0.4 is 19.7 Å². The molecule has 0 saturated carbocycles. The molecule has 4 aliphatic rings. The van der Waals surface area contributed by atoms with E-state index in [1.165, 1.54) is 0 Å². The van der Waals surface area contributed by atoms with Crippen LogP contribution in [0.1, 0.15) is 44.3 Å². The lowest BCUT2D eigenvalue weighted by Gasteiger charge is -2.39. The van der Waals surface area contributed by atoms with E-state index in [1.54, 1.807) is 30.3 Å². The second-order valence-corrected chi connectivity index (χ2v) is 11.7. The van der Waals surface area contributed by atoms with Crippen molar-refractivity contribution in [3.63, 3.8) is 0 Å². The molecule has 1 spiro atoms. The third-order valence-corrected chi connectivity index (χ3v) is 9.40. The number of nitrogens with zero attached hydrogens (tertiary/aromatic N) is 1. The number of nitrogens with one attached hydrogen (secondary N) is 1. The zero-order valence-corrected chi connectivity index (χ0v) is 23.7. The van der Waals surface area contributed by atoms with E-state index in [0.29, 0.717) is 28.3 Å². The molecule has 212 valence electrons. The van der Waals surface area contributed by atoms with Gasteiger partial charge in [0.1, 0.15) is 11.5 Å². The number of hydrogen-bond donors (Lipinski definition) is 1. The fourth-order valence-electron chi connectivity index (χ4n) is 7.55. The molecule has 1 saturated heterocycles. The molecule has 1 N–H and O–H groups in total. The Morgan fingerprint density at radius 3 is 2.44 bits per heavy atom. The average molecular weight is 569 g/mol. The summed E-state index contributed by atoms with van der Waals surface area (Å²) in [5.41, 5.74) is 4.76. The van der Waals surface area contributed by atoms with Gasteiger partial charge in [0.05, 0.1) is 12.0 Å². The van der Waals surface area contributed by atoms with Crippen LogP contribution in [0.5, 0.6) is 11.5 Å². The van der Waals surface area contributed by atoms with E-state index >= 15 is 4.79 Å². The molecule has 1 amide bonds. The minimum absolute atomic E-state index is 0.0708. The summed E-state index contributed by atoms with van der Waals surface area (Å²) in [5.74, 6) is -0.823. The van der Waals surface area contributed by atoms with Gasteiger partial charge < -0.3 is 19.7 Å². The summed E-state index contributed by atoms with van der Waals surface area (Å²) in [4.78, 5) is 46.4. The number of allylic oxidation sites excluding steroid dienone is 1. The Bertz CT molecular complexity index is 1900. The monoisotopic (exact) mass is 568 g/mol. The molecule has 7 nitrogen and oxygen atoms in total. The molecule has 1 fully saturated rings. The van der Waals surface area contributed by atoms with Gasteiger partial charge in [-0.3, -0.25) is 14.4 Å². The SMILES string of the molecule is CC1=CC2N(c3ccc(C)cc31)C(C(=O)c1ccccc1)C(C(=O)c1ccc3c(c1)OCO3)C21C(=O)Nc2ccccc21. The minimum atomic E-state index is -1.37. The number of ketones is 2. The van der Waals surface area contributed by atoms with Gasteiger partial charge in [-0.1, -0.05) is 66.2 Å². The van der Waals surface area contributed by atoms with E-state index in [9.17, 15) is 9.59 Å². The molecule has 8 rings (SSSR count). The van der Waals surface area contributed by atoms with E-state index in [-0.39, 0.29) is 24.3 Å². The number of carbonyl (C=O) groups is 3. The molecule has 0 bridgehead atoms. The highest BCUT2D eigenvalue weighted by Gasteiger charge is 2.70. The maximum atomic E-state index is 15.0. The maximum absolute atomic E-state index is 15.0. The molecule has 4 heterocycles. The van der Waals surface area contributed by atoms with Crippen LogP contribution in [0, 0.1) is 12.8 Å². The van der Waals surface area contributed by atoms with Crippen LogP contribution in [0.25, 0.3) is 5.57 Å². The fourth-order valence-corrected chi connectivity index (χ4v) is 7.55. The minimum Gasteiger partial charge on any atom is -0.454 e. The highest BCUT2D eigenvalue weighted by molar-refractivity contribution is 6.18. The lowest BCUT2D eigenvalue weighted by atomic mass is 9.64. The van der Waals surface area contributed by atoms with Crippen molar-refractivity contribution in [3.8, 4) is 11.5 Å². The normalized spacial score (nSPS) is 24.2. The number of ether oxygens (including phenoxy) is 2. The summed E-state index contributed by atoms with van der Waals surface area (Å²) >= 11 is 0. The number of para-hydroxylation sites is 1. The van der Waals surface area contributed by atoms with Crippen molar-refractivity contribution in [2.45, 2.75) is 31.3 Å². The summed E-state index contributed by atoms with van der Waals surface area (Å²) < 4.78 is 11.1. The Balaban J connectivity index is 1.43. The van der Waals surface area contributed by atoms with Gasteiger partial charge in [0.25, 0.3) is 0 Å². The summed E-state index contributed by atoms with van der Waals surface area (Å²) in [5, 5.41) is 3.09. The Hall–Kier alpha value is -5.17. The predicted molar refractivity (Wildman–Crippen MR) is 163 cm³/mol. The number of aryl methyl sites for hydroxylation is 1. The Morgan fingerprint density at radius 2 is 1.60 bits per heavy atom. The van der Waals surface area contributed by atoms with Crippen molar-refractivity contribution in [1.29, 1.82) is 0 Å². The van der Waals surface area contributed by atoms with Crippen molar-refractivity contribution < 1.29 is 23.9 Å². The number of rotatable bonds is 4. The molecule has 4 aromatic rings. The van der Waals surface area contributed by atoms with E-state index in [2.05, 4.69) is 17.5 Å². The van der Waals surface area contributed by atoms with Gasteiger partial charge in [0.15, 0.2) is 23.1 Å². The lowest BCUT2D eigenvalue weighted by molar-refractivity contribution is -0.121. The number of Topliss-reactive ketones (excluding diaryl/α,β-unsaturated/α-hetero) is 2. The van der Waals surface area contributed by atoms with Gasteiger partial charge >= 0.3 is 0 Å². The van der Waals surface area contributed by atoms with Crippen LogP contribution in [0.4, 0.5) is 11.4 Å². The van der Waals surface area contributed by atoms with Gasteiger partial charge in [-0.25, -0.2) is 0 Å². The van der Waals surface area contributed by atoms with E-state index in [0.717, 1.165) is 28.0 Å². The van der Waals surface area contributed by atoms with Crippen molar-refractivity contribution in [1.82, 2.24) is 0 Å². The van der Waals surface area contributed by atoms with E-state index < -0.39 is 23.4 Å². The van der Waals surface area contributed by atoms with Crippen LogP contribution in [-0.4, -0.2) is 36.4 Å². The molecule has 4 aromatic carbocycles. The summed E-state index contributed by atoms with van der Waals surface area (Å²) in [6.07, 6.45) is 2.07. The summed E-state index contributed by atoms with van der Waals surface area (Å²) in [7, 11) is 0. The number of anilines is 2. The van der Waals surface area contributed by atoms with E-state index in [1.807, 2.05) is 73.3 Å². The molecule has 0 aromatic heterocycles. The smallest absolute Gasteiger partial charge is 0.238 e. The van der Waals surface area contributed by atoms with Gasteiger partial charge in [0, 0.05) is 28.1 Å². The second kappa shape index (κ2) is 9.16. The molecular formula is C36H28N2O5. The highest BCUT2D eigenvalue weighted by Crippen LogP contribution is 2.59. The molecule has 4 atom stereocenters. The molecular weight excluding hydrogens is 540 g/mol. The van der Waals surface area contributed by atoms with Crippen molar-refractivity contribution in [2.24, 2.45) is 5.92 Å². The standard InChI is InChI=1S/C36H28N2O5/c1-20-12-14-27-24(16-20)21(2)17-30-36(25-10-6-7-11-26(25)37-35(36)41)31(32(38(27)30)34(40)22-8-4-3-5-9-22)33(39)23-13-15-28-29(18-23)43-19-42-28/h3-18,30-32H,19H2,1-2H3,(H,37,41). The zero-order valence-electron chi connectivity index (χ0n) is 23.7. The zero-order chi connectivity index (χ0) is 29.5. The third kappa shape index (κ3) is 3.45. The van der Waals surface area contributed by atoms with Crippen LogP contribution in [-0.2, 0) is 10.2 Å². The number of benzene rings is 4. The van der Waals surface area contributed by atoms with Crippen LogP contribution in [0.2, 0.25) is 0 Å². The first kappa shape index (κ1) is 25.5. The molecule has 7 heteroatoms. The predicted octanol–water partition coefficient (Wildman–Crippen LogP) is 5.97. The molecule has 4 unspecified atom stereocenters. The van der Waals surface area contributed by atoms with Gasteiger partial charge in [-0.05, 0) is 61.4 Å². The lowest BCUT2D eigenvalue weighted by Crippen LogP contribution is -2.51. The maximum Gasteiger partial charge on any atom is 0.238 e. The summed E-state index contributed by atoms with van der Waals surface area (Å²) in [6.45, 7) is 4.13. The topological polar surface area (TPSA) is 84.9 Å². The van der Waals surface area contributed by atoms with Crippen LogP contribution >= 0.6 is 0 Å². The van der Waals surface area contributed by atoms with Crippen LogP contribution in [0.3, 0.4) is 0 Å². The van der Waals surface area contributed by atoms with E-state index in [4.69, 9.17) is 9.47 Å². The quantitative estimate of drug-likeness (QED) is 0.306. The first-order valence-electron chi connectivity index (χ1n) is 14.4. The second-order valence-electron chi connectivity index (χ2n) is 11.7.